The van der Waals surface area contributed by atoms with Gasteiger partial charge in [0.15, 0.2) is 0 Å². The van der Waals surface area contributed by atoms with Crippen molar-refractivity contribution < 1.29 is 9.16 Å². The van der Waals surface area contributed by atoms with Gasteiger partial charge < -0.3 is 9.16 Å². The molecule has 0 aromatic heterocycles. The van der Waals surface area contributed by atoms with Crippen LogP contribution in [0.2, 0.25) is 16.6 Å². The maximum Gasteiger partial charge on any atom is 0.200 e. The van der Waals surface area contributed by atoms with Crippen LogP contribution in [0.25, 0.3) is 0 Å². The summed E-state index contributed by atoms with van der Waals surface area (Å²) in [5, 5.41) is 0. The van der Waals surface area contributed by atoms with Gasteiger partial charge in [0.1, 0.15) is 6.10 Å². The van der Waals surface area contributed by atoms with E-state index in [4.69, 9.17) is 9.16 Å². The Morgan fingerprint density at radius 3 is 2.09 bits per heavy atom. The molecule has 0 spiro atoms. The van der Waals surface area contributed by atoms with E-state index in [1.807, 2.05) is 6.07 Å². The number of rotatable bonds is 7. The van der Waals surface area contributed by atoms with Crippen molar-refractivity contribution in [2.24, 2.45) is 0 Å². The summed E-state index contributed by atoms with van der Waals surface area (Å²) in [6, 6.07) is 10.4. The van der Waals surface area contributed by atoms with Crippen LogP contribution in [0, 0.1) is 0 Å². The fraction of sp³-hybridized carbons (Fsp3) is 0.600. The number of hydrogen-bond acceptors (Lipinski definition) is 2. The zero-order valence-electron chi connectivity index (χ0n) is 15.5. The maximum absolute atomic E-state index is 6.67. The zero-order valence-corrected chi connectivity index (χ0v) is 16.5. The second-order valence-corrected chi connectivity index (χ2v) is 13.0. The summed E-state index contributed by atoms with van der Waals surface area (Å²) in [6.07, 6.45) is 2.33. The third-order valence-electron chi connectivity index (χ3n) is 5.18. The van der Waals surface area contributed by atoms with Crippen molar-refractivity contribution in [3.63, 3.8) is 0 Å². The van der Waals surface area contributed by atoms with Crippen molar-refractivity contribution in [1.82, 2.24) is 0 Å². The van der Waals surface area contributed by atoms with Crippen molar-refractivity contribution in [3.05, 3.63) is 47.5 Å². The molecule has 0 aliphatic carbocycles. The maximum atomic E-state index is 6.67. The Morgan fingerprint density at radius 2 is 1.57 bits per heavy atom. The highest BCUT2D eigenvalue weighted by Gasteiger charge is 2.45. The van der Waals surface area contributed by atoms with Gasteiger partial charge in [-0.15, -0.1) is 0 Å². The minimum absolute atomic E-state index is 0.0861. The van der Waals surface area contributed by atoms with E-state index in [1.165, 1.54) is 11.1 Å². The van der Waals surface area contributed by atoms with E-state index < -0.39 is 8.32 Å². The van der Waals surface area contributed by atoms with Crippen LogP contribution < -0.4 is 0 Å². The molecule has 1 aliphatic heterocycles. The predicted octanol–water partition coefficient (Wildman–Crippen LogP) is 5.88. The standard InChI is InChI=1S/C20H32O2Si/c1-15(2)23(16(3)4,17(5)6)22-14-18-12-20(21-13-18)19-10-8-7-9-11-19/h7-12,15-17,20H,13-14H2,1-6H3. The Kier molecular flexibility index (Phi) is 6.23. The smallest absolute Gasteiger partial charge is 0.200 e. The Labute approximate surface area is 143 Å². The van der Waals surface area contributed by atoms with Crippen molar-refractivity contribution in [3.8, 4) is 0 Å². The molecule has 2 rings (SSSR count). The van der Waals surface area contributed by atoms with Gasteiger partial charge in [-0.1, -0.05) is 71.9 Å². The SMILES string of the molecule is CC(C)[Si](OCC1=CC(c2ccccc2)OC1)(C(C)C)C(C)C. The van der Waals surface area contributed by atoms with Gasteiger partial charge in [0.25, 0.3) is 0 Å². The number of ether oxygens (including phenoxy) is 1. The lowest BCUT2D eigenvalue weighted by Crippen LogP contribution is -2.48. The van der Waals surface area contributed by atoms with Crippen molar-refractivity contribution in [2.75, 3.05) is 13.2 Å². The monoisotopic (exact) mass is 332 g/mol. The summed E-state index contributed by atoms with van der Waals surface area (Å²) in [4.78, 5) is 0. The van der Waals surface area contributed by atoms with E-state index in [9.17, 15) is 0 Å². The molecule has 0 saturated heterocycles. The van der Waals surface area contributed by atoms with Crippen LogP contribution in [-0.2, 0) is 9.16 Å². The molecule has 1 aromatic rings. The fourth-order valence-corrected chi connectivity index (χ4v) is 9.59. The van der Waals surface area contributed by atoms with Crippen LogP contribution in [0.15, 0.2) is 42.0 Å². The third-order valence-corrected chi connectivity index (χ3v) is 11.2. The lowest BCUT2D eigenvalue weighted by molar-refractivity contribution is 0.123. The van der Waals surface area contributed by atoms with Gasteiger partial charge in [-0.05, 0) is 33.8 Å². The van der Waals surface area contributed by atoms with E-state index in [0.29, 0.717) is 23.2 Å². The molecule has 0 bridgehead atoms. The van der Waals surface area contributed by atoms with Crippen LogP contribution in [-0.4, -0.2) is 21.5 Å². The van der Waals surface area contributed by atoms with Gasteiger partial charge in [0.2, 0.25) is 8.32 Å². The molecular formula is C20H32O2Si. The first-order valence-corrected chi connectivity index (χ1v) is 11.0. The molecule has 1 atom stereocenters. The van der Waals surface area contributed by atoms with Crippen LogP contribution in [0.3, 0.4) is 0 Å². The van der Waals surface area contributed by atoms with Gasteiger partial charge in [0.05, 0.1) is 13.2 Å². The van der Waals surface area contributed by atoms with E-state index in [1.54, 1.807) is 0 Å². The van der Waals surface area contributed by atoms with E-state index in [2.05, 4.69) is 71.9 Å². The van der Waals surface area contributed by atoms with Gasteiger partial charge in [-0.2, -0.15) is 0 Å². The minimum atomic E-state index is -1.79. The zero-order chi connectivity index (χ0) is 17.0. The molecule has 2 nitrogen and oxygen atoms in total. The Balaban J connectivity index is 2.07. The average molecular weight is 333 g/mol. The Bertz CT molecular complexity index is 498. The second-order valence-electron chi connectivity index (χ2n) is 7.57. The second kappa shape index (κ2) is 7.78. The van der Waals surface area contributed by atoms with E-state index >= 15 is 0 Å². The lowest BCUT2D eigenvalue weighted by Gasteiger charge is -2.42. The third kappa shape index (κ3) is 3.96. The van der Waals surface area contributed by atoms with Crippen LogP contribution in [0.4, 0.5) is 0 Å². The summed E-state index contributed by atoms with van der Waals surface area (Å²) in [6.45, 7) is 15.4. The Morgan fingerprint density at radius 1 is 1.00 bits per heavy atom. The lowest BCUT2D eigenvalue weighted by atomic mass is 10.1. The van der Waals surface area contributed by atoms with Crippen LogP contribution >= 0.6 is 0 Å². The molecule has 1 aliphatic rings. The molecule has 128 valence electrons. The minimum Gasteiger partial charge on any atom is -0.412 e. The molecule has 3 heteroatoms. The molecular weight excluding hydrogens is 300 g/mol. The molecule has 23 heavy (non-hydrogen) atoms. The molecule has 0 amide bonds. The highest BCUT2D eigenvalue weighted by molar-refractivity contribution is 6.77. The van der Waals surface area contributed by atoms with Crippen molar-refractivity contribution >= 4 is 8.32 Å². The fourth-order valence-electron chi connectivity index (χ4n) is 4.15. The van der Waals surface area contributed by atoms with Crippen molar-refractivity contribution in [1.29, 1.82) is 0 Å². The summed E-state index contributed by atoms with van der Waals surface area (Å²) in [5.74, 6) is 0. The van der Waals surface area contributed by atoms with E-state index in [0.717, 1.165) is 6.61 Å². The first-order chi connectivity index (χ1) is 10.9. The molecule has 0 saturated carbocycles. The first-order valence-electron chi connectivity index (χ1n) is 8.88. The number of benzene rings is 1. The largest absolute Gasteiger partial charge is 0.412 e. The van der Waals surface area contributed by atoms with Crippen LogP contribution in [0.5, 0.6) is 0 Å². The summed E-state index contributed by atoms with van der Waals surface area (Å²) in [5.41, 5.74) is 4.38. The van der Waals surface area contributed by atoms with Gasteiger partial charge in [-0.25, -0.2) is 0 Å². The number of hydrogen-bond donors (Lipinski definition) is 0. The molecule has 0 fully saturated rings. The molecule has 0 N–H and O–H groups in total. The summed E-state index contributed by atoms with van der Waals surface area (Å²) in [7, 11) is -1.79. The van der Waals surface area contributed by atoms with Crippen LogP contribution in [0.1, 0.15) is 53.2 Å². The summed E-state index contributed by atoms with van der Waals surface area (Å²) >= 11 is 0. The average Bonchev–Trinajstić information content (AvgIpc) is 2.96. The first kappa shape index (κ1) is 18.4. The molecule has 1 unspecified atom stereocenters. The highest BCUT2D eigenvalue weighted by Crippen LogP contribution is 2.42. The quantitative estimate of drug-likeness (QED) is 0.459. The predicted molar refractivity (Wildman–Crippen MR) is 100 cm³/mol. The molecule has 0 radical (unpaired) electrons. The Hall–Kier alpha value is -0.903. The van der Waals surface area contributed by atoms with Gasteiger partial charge >= 0.3 is 0 Å². The summed E-state index contributed by atoms with van der Waals surface area (Å²) < 4.78 is 12.6. The van der Waals surface area contributed by atoms with E-state index in [-0.39, 0.29) is 6.10 Å². The van der Waals surface area contributed by atoms with Gasteiger partial charge in [-0.3, -0.25) is 0 Å². The highest BCUT2D eigenvalue weighted by atomic mass is 28.4. The van der Waals surface area contributed by atoms with Gasteiger partial charge in [0, 0.05) is 0 Å². The topological polar surface area (TPSA) is 18.5 Å². The van der Waals surface area contributed by atoms with Crippen molar-refractivity contribution in [2.45, 2.75) is 64.3 Å². The normalized spacial score (nSPS) is 19.0. The molecule has 1 aromatic carbocycles. The molecule has 1 heterocycles.